The molecule has 8 heteroatoms. The molecular formula is C20H16F3N3O2. The smallest absolute Gasteiger partial charge is 0.416 e. The number of rotatable bonds is 4. The van der Waals surface area contributed by atoms with E-state index >= 15 is 0 Å². The van der Waals surface area contributed by atoms with Gasteiger partial charge in [0.1, 0.15) is 5.75 Å². The molecule has 28 heavy (non-hydrogen) atoms. The number of hydrogen-bond donors (Lipinski definition) is 2. The van der Waals surface area contributed by atoms with E-state index in [0.717, 1.165) is 17.7 Å². The number of phenolic OH excluding ortho intramolecular Hbond substituents is 1. The lowest BCUT2D eigenvalue weighted by molar-refractivity contribution is -0.137. The van der Waals surface area contributed by atoms with Gasteiger partial charge in [0.2, 0.25) is 0 Å². The molecule has 0 atom stereocenters. The topological polar surface area (TPSA) is 79.5 Å². The van der Waals surface area contributed by atoms with Crippen molar-refractivity contribution in [3.8, 4) is 5.75 Å². The van der Waals surface area contributed by atoms with Crippen LogP contribution in [0.4, 0.5) is 18.9 Å². The molecule has 3 rings (SSSR count). The number of nitrogens with zero attached hydrogens (tertiary/aromatic N) is 2. The summed E-state index contributed by atoms with van der Waals surface area (Å²) in [5.74, 6) is 5.25. The summed E-state index contributed by atoms with van der Waals surface area (Å²) >= 11 is 0. The number of alkyl halides is 3. The summed E-state index contributed by atoms with van der Waals surface area (Å²) in [7, 11) is 0. The maximum Gasteiger partial charge on any atom is 0.416 e. The van der Waals surface area contributed by atoms with E-state index in [1.165, 1.54) is 36.5 Å². The number of nitrogens with two attached hydrogens (primary N) is 1. The average Bonchev–Trinajstić information content (AvgIpc) is 2.68. The fraction of sp³-hybridized carbons (Fsp3) is 0.100. The molecule has 0 spiro atoms. The Hall–Kier alpha value is -3.39. The number of phenols is 1. The molecule has 0 saturated carbocycles. The van der Waals surface area contributed by atoms with Crippen molar-refractivity contribution in [1.82, 2.24) is 4.98 Å². The molecule has 1 heterocycles. The fourth-order valence-electron chi connectivity index (χ4n) is 2.66. The van der Waals surface area contributed by atoms with E-state index in [2.05, 4.69) is 4.98 Å². The first kappa shape index (κ1) is 19.4. The molecule has 0 aliphatic carbocycles. The predicted molar refractivity (Wildman–Crippen MR) is 97.6 cm³/mol. The molecular weight excluding hydrogens is 371 g/mol. The van der Waals surface area contributed by atoms with Crippen molar-refractivity contribution in [1.29, 1.82) is 0 Å². The van der Waals surface area contributed by atoms with Gasteiger partial charge >= 0.3 is 6.18 Å². The van der Waals surface area contributed by atoms with Crippen LogP contribution < -0.4 is 10.9 Å². The minimum absolute atomic E-state index is 0.0840. The number of carbonyl (C=O) groups is 1. The molecule has 1 aromatic heterocycles. The number of hydrazine groups is 1. The van der Waals surface area contributed by atoms with Crippen molar-refractivity contribution in [2.24, 2.45) is 5.84 Å². The van der Waals surface area contributed by atoms with E-state index in [9.17, 15) is 23.1 Å². The molecule has 0 saturated heterocycles. The van der Waals surface area contributed by atoms with Gasteiger partial charge in [0, 0.05) is 12.6 Å². The van der Waals surface area contributed by atoms with E-state index < -0.39 is 17.6 Å². The van der Waals surface area contributed by atoms with Crippen LogP contribution in [-0.2, 0) is 12.6 Å². The highest BCUT2D eigenvalue weighted by Gasteiger charge is 2.31. The first-order valence-electron chi connectivity index (χ1n) is 8.24. The number of amides is 1. The second-order valence-corrected chi connectivity index (χ2v) is 6.06. The Labute approximate surface area is 158 Å². The third-order valence-corrected chi connectivity index (χ3v) is 4.10. The van der Waals surface area contributed by atoms with Crippen LogP contribution in [0.25, 0.3) is 0 Å². The van der Waals surface area contributed by atoms with E-state index in [1.54, 1.807) is 18.2 Å². The van der Waals surface area contributed by atoms with Crippen molar-refractivity contribution in [2.75, 3.05) is 5.01 Å². The Morgan fingerprint density at radius 3 is 2.46 bits per heavy atom. The van der Waals surface area contributed by atoms with Crippen molar-refractivity contribution in [2.45, 2.75) is 12.6 Å². The molecule has 0 bridgehead atoms. The number of halogens is 3. The van der Waals surface area contributed by atoms with Crippen molar-refractivity contribution < 1.29 is 23.1 Å². The molecule has 5 nitrogen and oxygen atoms in total. The van der Waals surface area contributed by atoms with Gasteiger partial charge in [-0.3, -0.25) is 9.78 Å². The molecule has 144 valence electrons. The first-order chi connectivity index (χ1) is 13.3. The van der Waals surface area contributed by atoms with Gasteiger partial charge in [-0.1, -0.05) is 18.2 Å². The zero-order valence-electron chi connectivity index (χ0n) is 14.5. The summed E-state index contributed by atoms with van der Waals surface area (Å²) in [6.07, 6.45) is -2.74. The number of anilines is 1. The standard InChI is InChI=1S/C20H16F3N3O2/c21-20(22,23)14-3-1-4-15(12-14)26(24)19(28)17-5-2-10-25-18(17)11-13-6-8-16(27)9-7-13/h1-10,12,27H,11,24H2. The van der Waals surface area contributed by atoms with Crippen molar-refractivity contribution in [3.63, 3.8) is 0 Å². The van der Waals surface area contributed by atoms with Gasteiger partial charge < -0.3 is 5.11 Å². The second-order valence-electron chi connectivity index (χ2n) is 6.06. The monoisotopic (exact) mass is 387 g/mol. The minimum Gasteiger partial charge on any atom is -0.508 e. The van der Waals surface area contributed by atoms with Crippen LogP contribution in [0.2, 0.25) is 0 Å². The maximum atomic E-state index is 12.9. The van der Waals surface area contributed by atoms with Gasteiger partial charge in [0.05, 0.1) is 22.5 Å². The van der Waals surface area contributed by atoms with E-state index in [4.69, 9.17) is 5.84 Å². The van der Waals surface area contributed by atoms with Gasteiger partial charge in [-0.2, -0.15) is 13.2 Å². The summed E-state index contributed by atoms with van der Waals surface area (Å²) in [5.41, 5.74) is 0.410. The molecule has 1 amide bonds. The van der Waals surface area contributed by atoms with Crippen LogP contribution in [0.15, 0.2) is 66.9 Å². The van der Waals surface area contributed by atoms with Crippen LogP contribution >= 0.6 is 0 Å². The maximum absolute atomic E-state index is 12.9. The molecule has 0 aliphatic heterocycles. The van der Waals surface area contributed by atoms with Crippen LogP contribution in [0, 0.1) is 0 Å². The van der Waals surface area contributed by atoms with Gasteiger partial charge in [0.15, 0.2) is 0 Å². The SMILES string of the molecule is NN(C(=O)c1cccnc1Cc1ccc(O)cc1)c1cccc(C(F)(F)F)c1. The number of benzene rings is 2. The summed E-state index contributed by atoms with van der Waals surface area (Å²) < 4.78 is 38.8. The summed E-state index contributed by atoms with van der Waals surface area (Å²) in [4.78, 5) is 17.0. The number of aromatic nitrogens is 1. The largest absolute Gasteiger partial charge is 0.508 e. The predicted octanol–water partition coefficient (Wildman–Crippen LogP) is 3.92. The highest BCUT2D eigenvalue weighted by Crippen LogP contribution is 2.31. The Bertz CT molecular complexity index is 988. The molecule has 0 radical (unpaired) electrons. The Morgan fingerprint density at radius 1 is 1.07 bits per heavy atom. The molecule has 0 fully saturated rings. The third-order valence-electron chi connectivity index (χ3n) is 4.10. The third kappa shape index (κ3) is 4.29. The lowest BCUT2D eigenvalue weighted by atomic mass is 10.0. The van der Waals surface area contributed by atoms with Gasteiger partial charge in [-0.25, -0.2) is 10.9 Å². The fourth-order valence-corrected chi connectivity index (χ4v) is 2.66. The highest BCUT2D eigenvalue weighted by molar-refractivity contribution is 6.06. The summed E-state index contributed by atoms with van der Waals surface area (Å²) in [5, 5.41) is 10.0. The van der Waals surface area contributed by atoms with Crippen LogP contribution in [0.5, 0.6) is 5.75 Å². The average molecular weight is 387 g/mol. The Morgan fingerprint density at radius 2 is 1.79 bits per heavy atom. The zero-order valence-corrected chi connectivity index (χ0v) is 14.5. The van der Waals surface area contributed by atoms with Crippen LogP contribution in [-0.4, -0.2) is 16.0 Å². The zero-order chi connectivity index (χ0) is 20.3. The minimum atomic E-state index is -4.54. The lowest BCUT2D eigenvalue weighted by Crippen LogP contribution is -2.38. The lowest BCUT2D eigenvalue weighted by Gasteiger charge is -2.19. The molecule has 3 aromatic rings. The quantitative estimate of drug-likeness (QED) is 0.404. The molecule has 3 N–H and O–H groups in total. The van der Waals surface area contributed by atoms with E-state index in [-0.39, 0.29) is 17.0 Å². The summed E-state index contributed by atoms with van der Waals surface area (Å²) in [6.45, 7) is 0. The first-order valence-corrected chi connectivity index (χ1v) is 8.24. The number of aromatic hydroxyl groups is 1. The molecule has 0 aliphatic rings. The Balaban J connectivity index is 1.89. The molecule has 2 aromatic carbocycles. The molecule has 0 unspecified atom stereocenters. The van der Waals surface area contributed by atoms with E-state index in [1.807, 2.05) is 0 Å². The van der Waals surface area contributed by atoms with Gasteiger partial charge in [-0.15, -0.1) is 0 Å². The Kier molecular flexibility index (Phi) is 5.32. The number of hydrogen-bond acceptors (Lipinski definition) is 4. The normalized spacial score (nSPS) is 11.3. The van der Waals surface area contributed by atoms with Crippen molar-refractivity contribution in [3.05, 3.63) is 89.2 Å². The second kappa shape index (κ2) is 7.69. The number of carbonyl (C=O) groups excluding carboxylic acids is 1. The van der Waals surface area contributed by atoms with E-state index in [0.29, 0.717) is 17.1 Å². The van der Waals surface area contributed by atoms with Crippen LogP contribution in [0.3, 0.4) is 0 Å². The van der Waals surface area contributed by atoms with Crippen LogP contribution in [0.1, 0.15) is 27.2 Å². The van der Waals surface area contributed by atoms with Gasteiger partial charge in [-0.05, 0) is 48.0 Å². The summed E-state index contributed by atoms with van der Waals surface area (Å²) in [6, 6.07) is 13.7. The van der Waals surface area contributed by atoms with Crippen molar-refractivity contribution >= 4 is 11.6 Å². The van der Waals surface area contributed by atoms with Gasteiger partial charge in [0.25, 0.3) is 5.91 Å². The highest BCUT2D eigenvalue weighted by atomic mass is 19.4. The number of pyridine rings is 1.